The highest BCUT2D eigenvalue weighted by atomic mass is 19.1. The molecular formula is C12H17FN2O. The summed E-state index contributed by atoms with van der Waals surface area (Å²) in [7, 11) is 0. The van der Waals surface area contributed by atoms with Crippen LogP contribution in [0.4, 0.5) is 4.39 Å². The zero-order valence-electron chi connectivity index (χ0n) is 9.61. The van der Waals surface area contributed by atoms with Crippen molar-refractivity contribution in [3.63, 3.8) is 0 Å². The van der Waals surface area contributed by atoms with Crippen molar-refractivity contribution in [2.45, 2.75) is 26.1 Å². The monoisotopic (exact) mass is 224 g/mol. The summed E-state index contributed by atoms with van der Waals surface area (Å²) in [5.74, 6) is 0.156. The SMILES string of the molecule is CC(C)C1CNCC(c2ccc(F)cn2)O1. The lowest BCUT2D eigenvalue weighted by molar-refractivity contribution is -0.0621. The minimum Gasteiger partial charge on any atom is -0.366 e. The summed E-state index contributed by atoms with van der Waals surface area (Å²) in [6.07, 6.45) is 1.37. The van der Waals surface area contributed by atoms with Crippen LogP contribution < -0.4 is 5.32 Å². The quantitative estimate of drug-likeness (QED) is 0.833. The molecule has 1 fully saturated rings. The van der Waals surface area contributed by atoms with Crippen LogP contribution in [0.25, 0.3) is 0 Å². The third-order valence-electron chi connectivity index (χ3n) is 2.84. The molecule has 1 aromatic heterocycles. The Morgan fingerprint density at radius 3 is 2.88 bits per heavy atom. The topological polar surface area (TPSA) is 34.2 Å². The van der Waals surface area contributed by atoms with Gasteiger partial charge in [-0.25, -0.2) is 4.39 Å². The van der Waals surface area contributed by atoms with E-state index in [9.17, 15) is 4.39 Å². The number of aromatic nitrogens is 1. The molecule has 0 aliphatic carbocycles. The summed E-state index contributed by atoms with van der Waals surface area (Å²) >= 11 is 0. The molecule has 16 heavy (non-hydrogen) atoms. The van der Waals surface area contributed by atoms with Crippen molar-refractivity contribution in [1.82, 2.24) is 10.3 Å². The molecular weight excluding hydrogens is 207 g/mol. The maximum absolute atomic E-state index is 12.7. The Morgan fingerprint density at radius 2 is 2.25 bits per heavy atom. The van der Waals surface area contributed by atoms with Gasteiger partial charge in [0.2, 0.25) is 0 Å². The molecule has 1 aromatic rings. The van der Waals surface area contributed by atoms with Crippen LogP contribution >= 0.6 is 0 Å². The maximum atomic E-state index is 12.7. The Hall–Kier alpha value is -1.00. The van der Waals surface area contributed by atoms with Crippen LogP contribution in [0.1, 0.15) is 25.6 Å². The van der Waals surface area contributed by atoms with Crippen molar-refractivity contribution >= 4 is 0 Å². The molecule has 0 saturated carbocycles. The van der Waals surface area contributed by atoms with Crippen LogP contribution in [0.5, 0.6) is 0 Å². The molecule has 0 bridgehead atoms. The number of nitrogens with zero attached hydrogens (tertiary/aromatic N) is 1. The average Bonchev–Trinajstić information content (AvgIpc) is 2.30. The second-order valence-electron chi connectivity index (χ2n) is 4.47. The smallest absolute Gasteiger partial charge is 0.141 e. The number of rotatable bonds is 2. The Bertz CT molecular complexity index is 339. The summed E-state index contributed by atoms with van der Waals surface area (Å²) in [5, 5.41) is 3.32. The molecule has 1 aliphatic heterocycles. The maximum Gasteiger partial charge on any atom is 0.141 e. The Labute approximate surface area is 95.0 Å². The molecule has 1 N–H and O–H groups in total. The normalized spacial score (nSPS) is 26.0. The van der Waals surface area contributed by atoms with Crippen LogP contribution in [0.2, 0.25) is 0 Å². The number of ether oxygens (including phenoxy) is 1. The lowest BCUT2D eigenvalue weighted by atomic mass is 10.0. The summed E-state index contributed by atoms with van der Waals surface area (Å²) in [6, 6.07) is 3.11. The van der Waals surface area contributed by atoms with Gasteiger partial charge in [0.25, 0.3) is 0 Å². The molecule has 1 aliphatic rings. The van der Waals surface area contributed by atoms with E-state index in [0.717, 1.165) is 18.8 Å². The van der Waals surface area contributed by atoms with E-state index in [1.165, 1.54) is 12.3 Å². The van der Waals surface area contributed by atoms with Crippen molar-refractivity contribution < 1.29 is 9.13 Å². The fourth-order valence-corrected chi connectivity index (χ4v) is 1.81. The van der Waals surface area contributed by atoms with Crippen molar-refractivity contribution in [1.29, 1.82) is 0 Å². The number of nitrogens with one attached hydrogen (secondary N) is 1. The van der Waals surface area contributed by atoms with Gasteiger partial charge in [-0.2, -0.15) is 0 Å². The summed E-state index contributed by atoms with van der Waals surface area (Å²) < 4.78 is 18.7. The first-order valence-corrected chi connectivity index (χ1v) is 5.64. The van der Waals surface area contributed by atoms with Gasteiger partial charge in [0.1, 0.15) is 11.9 Å². The van der Waals surface area contributed by atoms with Crippen molar-refractivity contribution in [2.24, 2.45) is 5.92 Å². The molecule has 4 heteroatoms. The van der Waals surface area contributed by atoms with Gasteiger partial charge in [-0.05, 0) is 18.1 Å². The molecule has 88 valence electrons. The largest absolute Gasteiger partial charge is 0.366 e. The van der Waals surface area contributed by atoms with E-state index < -0.39 is 0 Å². The van der Waals surface area contributed by atoms with Crippen LogP contribution in [-0.4, -0.2) is 24.2 Å². The van der Waals surface area contributed by atoms with Crippen molar-refractivity contribution in [2.75, 3.05) is 13.1 Å². The predicted octanol–water partition coefficient (Wildman–Crippen LogP) is 1.91. The van der Waals surface area contributed by atoms with E-state index in [1.54, 1.807) is 6.07 Å². The molecule has 2 heterocycles. The molecule has 3 nitrogen and oxygen atoms in total. The second kappa shape index (κ2) is 4.89. The number of pyridine rings is 1. The third-order valence-corrected chi connectivity index (χ3v) is 2.84. The lowest BCUT2D eigenvalue weighted by Gasteiger charge is -2.32. The molecule has 2 unspecified atom stereocenters. The van der Waals surface area contributed by atoms with E-state index in [-0.39, 0.29) is 18.0 Å². The first-order chi connectivity index (χ1) is 7.66. The van der Waals surface area contributed by atoms with Gasteiger partial charge in [-0.1, -0.05) is 13.8 Å². The van der Waals surface area contributed by atoms with E-state index >= 15 is 0 Å². The van der Waals surface area contributed by atoms with E-state index in [2.05, 4.69) is 24.1 Å². The van der Waals surface area contributed by atoms with E-state index in [1.807, 2.05) is 0 Å². The van der Waals surface area contributed by atoms with Gasteiger partial charge in [0.05, 0.1) is 18.0 Å². The standard InChI is InChI=1S/C12H17FN2O/c1-8(2)11-6-14-7-12(16-11)10-4-3-9(13)5-15-10/h3-5,8,11-12,14H,6-7H2,1-2H3. The average molecular weight is 224 g/mol. The lowest BCUT2D eigenvalue weighted by Crippen LogP contribution is -2.43. The van der Waals surface area contributed by atoms with Gasteiger partial charge in [-0.3, -0.25) is 4.98 Å². The number of halogens is 1. The fraction of sp³-hybridized carbons (Fsp3) is 0.583. The van der Waals surface area contributed by atoms with Crippen LogP contribution in [-0.2, 0) is 4.74 Å². The molecule has 1 saturated heterocycles. The fourth-order valence-electron chi connectivity index (χ4n) is 1.81. The van der Waals surface area contributed by atoms with Gasteiger partial charge in [-0.15, -0.1) is 0 Å². The van der Waals surface area contributed by atoms with Crippen LogP contribution in [0.3, 0.4) is 0 Å². The highest BCUT2D eigenvalue weighted by Crippen LogP contribution is 2.22. The van der Waals surface area contributed by atoms with E-state index in [4.69, 9.17) is 4.74 Å². The van der Waals surface area contributed by atoms with Gasteiger partial charge in [0.15, 0.2) is 0 Å². The molecule has 2 atom stereocenters. The first-order valence-electron chi connectivity index (χ1n) is 5.64. The molecule has 0 amide bonds. The number of morpholine rings is 1. The van der Waals surface area contributed by atoms with Crippen molar-refractivity contribution in [3.05, 3.63) is 29.8 Å². The highest BCUT2D eigenvalue weighted by molar-refractivity contribution is 5.09. The summed E-state index contributed by atoms with van der Waals surface area (Å²) in [4.78, 5) is 4.06. The molecule has 0 aromatic carbocycles. The van der Waals surface area contributed by atoms with Crippen molar-refractivity contribution in [3.8, 4) is 0 Å². The molecule has 0 radical (unpaired) electrons. The Kier molecular flexibility index (Phi) is 3.51. The predicted molar refractivity (Wildman–Crippen MR) is 59.5 cm³/mol. The minimum atomic E-state index is -0.312. The summed E-state index contributed by atoms with van der Waals surface area (Å²) in [6.45, 7) is 5.87. The third kappa shape index (κ3) is 2.57. The zero-order valence-corrected chi connectivity index (χ0v) is 9.61. The van der Waals surface area contributed by atoms with Gasteiger partial charge >= 0.3 is 0 Å². The molecule has 2 rings (SSSR count). The second-order valence-corrected chi connectivity index (χ2v) is 4.47. The zero-order chi connectivity index (χ0) is 11.5. The summed E-state index contributed by atoms with van der Waals surface area (Å²) in [5.41, 5.74) is 0.791. The Morgan fingerprint density at radius 1 is 1.44 bits per heavy atom. The Balaban J connectivity index is 2.06. The van der Waals surface area contributed by atoms with Crippen LogP contribution in [0, 0.1) is 11.7 Å². The van der Waals surface area contributed by atoms with Gasteiger partial charge < -0.3 is 10.1 Å². The number of hydrogen-bond donors (Lipinski definition) is 1. The number of hydrogen-bond acceptors (Lipinski definition) is 3. The van der Waals surface area contributed by atoms with Crippen LogP contribution in [0.15, 0.2) is 18.3 Å². The highest BCUT2D eigenvalue weighted by Gasteiger charge is 2.26. The van der Waals surface area contributed by atoms with E-state index in [0.29, 0.717) is 5.92 Å². The molecule has 0 spiro atoms. The first kappa shape index (κ1) is 11.5. The van der Waals surface area contributed by atoms with Gasteiger partial charge in [0, 0.05) is 13.1 Å². The minimum absolute atomic E-state index is 0.0678.